The van der Waals surface area contributed by atoms with E-state index in [0.29, 0.717) is 6.42 Å². The van der Waals surface area contributed by atoms with Gasteiger partial charge in [-0.05, 0) is 36.6 Å². The normalized spacial score (nSPS) is 12.4. The summed E-state index contributed by atoms with van der Waals surface area (Å²) in [5.41, 5.74) is 1.88. The summed E-state index contributed by atoms with van der Waals surface area (Å²) in [6.45, 7) is 4.88. The third kappa shape index (κ3) is 3.17. The molecule has 0 radical (unpaired) electrons. The Hall–Kier alpha value is -1.88. The Labute approximate surface area is 119 Å². The van der Waals surface area contributed by atoms with E-state index < -0.39 is 6.10 Å². The first-order valence-corrected chi connectivity index (χ1v) is 6.85. The molecule has 1 unspecified atom stereocenters. The zero-order valence-electron chi connectivity index (χ0n) is 12.2. The van der Waals surface area contributed by atoms with Gasteiger partial charge < -0.3 is 9.84 Å². The van der Waals surface area contributed by atoms with Gasteiger partial charge >= 0.3 is 0 Å². The predicted molar refractivity (Wildman–Crippen MR) is 76.7 cm³/mol. The highest BCUT2D eigenvalue weighted by molar-refractivity contribution is 5.37. The fourth-order valence-corrected chi connectivity index (χ4v) is 2.24. The molecule has 0 amide bonds. The van der Waals surface area contributed by atoms with Crippen LogP contribution in [0.3, 0.4) is 0 Å². The number of aromatic nitrogens is 3. The van der Waals surface area contributed by atoms with Crippen molar-refractivity contribution in [3.8, 4) is 5.75 Å². The van der Waals surface area contributed by atoms with Crippen molar-refractivity contribution in [1.29, 1.82) is 0 Å². The van der Waals surface area contributed by atoms with Crippen LogP contribution in [0.5, 0.6) is 5.75 Å². The fourth-order valence-electron chi connectivity index (χ4n) is 2.24. The second kappa shape index (κ2) is 6.52. The molecule has 5 nitrogen and oxygen atoms in total. The van der Waals surface area contributed by atoms with Crippen molar-refractivity contribution >= 4 is 0 Å². The number of hydrogen-bond acceptors (Lipinski definition) is 4. The fraction of sp³-hybridized carbons (Fsp3) is 0.467. The molecule has 0 aliphatic heterocycles. The minimum atomic E-state index is -0.584. The Morgan fingerprint density at radius 2 is 2.20 bits per heavy atom. The highest BCUT2D eigenvalue weighted by atomic mass is 16.5. The topological polar surface area (TPSA) is 60.2 Å². The Bertz CT molecular complexity index is 566. The molecule has 0 fully saturated rings. The van der Waals surface area contributed by atoms with Crippen molar-refractivity contribution in [1.82, 2.24) is 14.8 Å². The van der Waals surface area contributed by atoms with Gasteiger partial charge in [0.15, 0.2) is 0 Å². The van der Waals surface area contributed by atoms with E-state index >= 15 is 0 Å². The molecule has 1 atom stereocenters. The maximum atomic E-state index is 10.4. The number of benzene rings is 1. The van der Waals surface area contributed by atoms with Crippen molar-refractivity contribution in [2.24, 2.45) is 0 Å². The van der Waals surface area contributed by atoms with Crippen molar-refractivity contribution in [3.63, 3.8) is 0 Å². The number of hydrogen-bond donors (Lipinski definition) is 1. The summed E-state index contributed by atoms with van der Waals surface area (Å²) in [5.74, 6) is 1.64. The van der Waals surface area contributed by atoms with E-state index in [1.165, 1.54) is 6.33 Å². The standard InChI is InChI=1S/C15H21N3O2/c1-4-7-18-15(16-10-17-18)9-13(19)12-5-6-14(20-3)11(2)8-12/h5-6,8,10,13,19H,4,7,9H2,1-3H3. The second-order valence-corrected chi connectivity index (χ2v) is 4.85. The monoisotopic (exact) mass is 275 g/mol. The van der Waals surface area contributed by atoms with E-state index in [4.69, 9.17) is 4.74 Å². The molecule has 1 aromatic heterocycles. The summed E-state index contributed by atoms with van der Waals surface area (Å²) in [5, 5.41) is 14.5. The molecule has 5 heteroatoms. The van der Waals surface area contributed by atoms with Gasteiger partial charge in [-0.1, -0.05) is 13.0 Å². The van der Waals surface area contributed by atoms with Crippen LogP contribution in [0.15, 0.2) is 24.5 Å². The molecule has 20 heavy (non-hydrogen) atoms. The summed E-state index contributed by atoms with van der Waals surface area (Å²) in [6, 6.07) is 5.71. The third-order valence-electron chi connectivity index (χ3n) is 3.31. The number of aliphatic hydroxyl groups is 1. The maximum absolute atomic E-state index is 10.4. The van der Waals surface area contributed by atoms with Crippen molar-refractivity contribution in [2.45, 2.75) is 39.3 Å². The highest BCUT2D eigenvalue weighted by Gasteiger charge is 2.14. The van der Waals surface area contributed by atoms with E-state index in [2.05, 4.69) is 17.0 Å². The van der Waals surface area contributed by atoms with Crippen LogP contribution in [0.2, 0.25) is 0 Å². The highest BCUT2D eigenvalue weighted by Crippen LogP contribution is 2.24. The average Bonchev–Trinajstić information content (AvgIpc) is 2.86. The number of ether oxygens (including phenoxy) is 1. The SMILES string of the molecule is CCCn1ncnc1CC(O)c1ccc(OC)c(C)c1. The molecule has 1 aromatic carbocycles. The van der Waals surface area contributed by atoms with Crippen LogP contribution < -0.4 is 4.74 Å². The predicted octanol–water partition coefficient (Wildman–Crippen LogP) is 2.28. The molecule has 108 valence electrons. The largest absolute Gasteiger partial charge is 0.496 e. The van der Waals surface area contributed by atoms with Gasteiger partial charge in [0.05, 0.1) is 13.2 Å². The van der Waals surface area contributed by atoms with Crippen LogP contribution in [-0.4, -0.2) is 27.0 Å². The Morgan fingerprint density at radius 1 is 1.40 bits per heavy atom. The van der Waals surface area contributed by atoms with Gasteiger partial charge in [0.25, 0.3) is 0 Å². The average molecular weight is 275 g/mol. The molecule has 0 aliphatic rings. The molecule has 0 spiro atoms. The van der Waals surface area contributed by atoms with Crippen LogP contribution >= 0.6 is 0 Å². The number of nitrogens with zero attached hydrogens (tertiary/aromatic N) is 3. The third-order valence-corrected chi connectivity index (χ3v) is 3.31. The van der Waals surface area contributed by atoms with Crippen LogP contribution in [0.4, 0.5) is 0 Å². The Balaban J connectivity index is 2.13. The van der Waals surface area contributed by atoms with Crippen molar-refractivity contribution < 1.29 is 9.84 Å². The van der Waals surface area contributed by atoms with E-state index in [0.717, 1.165) is 35.7 Å². The van der Waals surface area contributed by atoms with E-state index in [9.17, 15) is 5.11 Å². The maximum Gasteiger partial charge on any atom is 0.138 e. The van der Waals surface area contributed by atoms with Gasteiger partial charge in [0, 0.05) is 13.0 Å². The number of methoxy groups -OCH3 is 1. The van der Waals surface area contributed by atoms with Crippen molar-refractivity contribution in [2.75, 3.05) is 7.11 Å². The lowest BCUT2D eigenvalue weighted by Gasteiger charge is -2.13. The first-order valence-electron chi connectivity index (χ1n) is 6.85. The lowest BCUT2D eigenvalue weighted by atomic mass is 10.0. The van der Waals surface area contributed by atoms with Crippen LogP contribution in [0.25, 0.3) is 0 Å². The Morgan fingerprint density at radius 3 is 2.85 bits per heavy atom. The molecule has 0 bridgehead atoms. The van der Waals surface area contributed by atoms with Crippen LogP contribution in [-0.2, 0) is 13.0 Å². The molecule has 1 heterocycles. The van der Waals surface area contributed by atoms with E-state index in [-0.39, 0.29) is 0 Å². The zero-order valence-corrected chi connectivity index (χ0v) is 12.2. The van der Waals surface area contributed by atoms with Crippen LogP contribution in [0.1, 0.15) is 36.4 Å². The summed E-state index contributed by atoms with van der Waals surface area (Å²) in [7, 11) is 1.64. The number of aliphatic hydroxyl groups excluding tert-OH is 1. The summed E-state index contributed by atoms with van der Waals surface area (Å²) >= 11 is 0. The van der Waals surface area contributed by atoms with Gasteiger partial charge in [0.1, 0.15) is 17.9 Å². The molecule has 0 saturated carbocycles. The van der Waals surface area contributed by atoms with Crippen LogP contribution in [0, 0.1) is 6.92 Å². The summed E-state index contributed by atoms with van der Waals surface area (Å²) < 4.78 is 7.08. The quantitative estimate of drug-likeness (QED) is 0.878. The molecular formula is C15H21N3O2. The van der Waals surface area contributed by atoms with Gasteiger partial charge in [0.2, 0.25) is 0 Å². The molecular weight excluding hydrogens is 254 g/mol. The molecule has 1 N–H and O–H groups in total. The summed E-state index contributed by atoms with van der Waals surface area (Å²) in [6.07, 6.45) is 2.41. The molecule has 2 rings (SSSR count). The van der Waals surface area contributed by atoms with Crippen molar-refractivity contribution in [3.05, 3.63) is 41.5 Å². The summed E-state index contributed by atoms with van der Waals surface area (Å²) in [4.78, 5) is 4.22. The van der Waals surface area contributed by atoms with E-state index in [1.54, 1.807) is 7.11 Å². The second-order valence-electron chi connectivity index (χ2n) is 4.85. The minimum absolute atomic E-state index is 0.464. The van der Waals surface area contributed by atoms with Gasteiger partial charge in [-0.15, -0.1) is 0 Å². The lowest BCUT2D eigenvalue weighted by Crippen LogP contribution is -2.10. The van der Waals surface area contributed by atoms with Gasteiger partial charge in [-0.3, -0.25) is 4.68 Å². The lowest BCUT2D eigenvalue weighted by molar-refractivity contribution is 0.173. The van der Waals surface area contributed by atoms with E-state index in [1.807, 2.05) is 29.8 Å². The number of aryl methyl sites for hydroxylation is 2. The zero-order chi connectivity index (χ0) is 14.5. The van der Waals surface area contributed by atoms with Gasteiger partial charge in [-0.25, -0.2) is 4.98 Å². The smallest absolute Gasteiger partial charge is 0.138 e. The minimum Gasteiger partial charge on any atom is -0.496 e. The number of rotatable bonds is 6. The Kier molecular flexibility index (Phi) is 4.74. The first-order chi connectivity index (χ1) is 9.65. The first kappa shape index (κ1) is 14.5. The molecule has 2 aromatic rings. The molecule has 0 aliphatic carbocycles. The molecule has 0 saturated heterocycles. The van der Waals surface area contributed by atoms with Gasteiger partial charge in [-0.2, -0.15) is 5.10 Å².